The van der Waals surface area contributed by atoms with Gasteiger partial charge in [0.05, 0.1) is 6.04 Å². The number of carbonyl (C=O) groups is 1. The number of hydrogen-bond acceptors (Lipinski definition) is 5. The van der Waals surface area contributed by atoms with Crippen molar-refractivity contribution in [2.24, 2.45) is 5.92 Å². The molecule has 9 heteroatoms. The molecule has 0 radical (unpaired) electrons. The van der Waals surface area contributed by atoms with Crippen LogP contribution in [-0.2, 0) is 10.0 Å². The summed E-state index contributed by atoms with van der Waals surface area (Å²) in [6.45, 7) is 1.93. The number of sulfonamides is 1. The van der Waals surface area contributed by atoms with Gasteiger partial charge in [0.25, 0.3) is 5.91 Å². The van der Waals surface area contributed by atoms with E-state index in [4.69, 9.17) is 0 Å². The van der Waals surface area contributed by atoms with Gasteiger partial charge in [-0.2, -0.15) is 0 Å². The molecule has 1 aliphatic rings. The monoisotopic (exact) mass is 368 g/mol. The number of hydrogen-bond donors (Lipinski definition) is 2. The lowest BCUT2D eigenvalue weighted by atomic mass is 10.2. The minimum atomic E-state index is -3.56. The molecule has 0 aliphatic heterocycles. The first-order valence-electron chi connectivity index (χ1n) is 7.63. The first-order valence-corrected chi connectivity index (χ1v) is 9.95. The molecule has 1 aliphatic carbocycles. The molecule has 130 valence electrons. The van der Waals surface area contributed by atoms with Crippen LogP contribution < -0.4 is 5.32 Å². The van der Waals surface area contributed by atoms with E-state index in [1.807, 2.05) is 12.3 Å². The largest absolute Gasteiger partial charge is 0.356 e. The first kappa shape index (κ1) is 17.1. The average molecular weight is 368 g/mol. The van der Waals surface area contributed by atoms with Gasteiger partial charge < -0.3 is 10.3 Å². The van der Waals surface area contributed by atoms with E-state index < -0.39 is 10.0 Å². The standard InChI is InChI=1S/C15H20N4O3S2/c1-9-8-23-15(17-9)13(10-4-5-10)18-14(20)12-6-11(7-16-12)24(21,22)19(2)3/h6-8,10,13,16H,4-5H2,1-3H3,(H,18,20)/t13-/m1/s1. The van der Waals surface area contributed by atoms with Crippen LogP contribution in [0.5, 0.6) is 0 Å². The van der Waals surface area contributed by atoms with Gasteiger partial charge in [-0.15, -0.1) is 11.3 Å². The van der Waals surface area contributed by atoms with E-state index in [1.54, 1.807) is 0 Å². The van der Waals surface area contributed by atoms with Gasteiger partial charge in [-0.05, 0) is 31.7 Å². The van der Waals surface area contributed by atoms with Gasteiger partial charge in [0.2, 0.25) is 10.0 Å². The average Bonchev–Trinajstić information content (AvgIpc) is 3.06. The smallest absolute Gasteiger partial charge is 0.268 e. The molecule has 1 saturated carbocycles. The number of aromatic amines is 1. The van der Waals surface area contributed by atoms with Gasteiger partial charge in [0.1, 0.15) is 15.6 Å². The molecule has 0 aromatic carbocycles. The lowest BCUT2D eigenvalue weighted by Gasteiger charge is -2.15. The van der Waals surface area contributed by atoms with Gasteiger partial charge in [-0.3, -0.25) is 4.79 Å². The van der Waals surface area contributed by atoms with Gasteiger partial charge in [0, 0.05) is 31.4 Å². The van der Waals surface area contributed by atoms with Crippen LogP contribution in [0.2, 0.25) is 0 Å². The van der Waals surface area contributed by atoms with Crippen LogP contribution in [0, 0.1) is 12.8 Å². The van der Waals surface area contributed by atoms with Crippen LogP contribution >= 0.6 is 11.3 Å². The summed E-state index contributed by atoms with van der Waals surface area (Å²) < 4.78 is 25.3. The van der Waals surface area contributed by atoms with E-state index in [9.17, 15) is 13.2 Å². The number of H-pyrrole nitrogens is 1. The molecule has 0 saturated heterocycles. The van der Waals surface area contributed by atoms with Gasteiger partial charge in [-0.1, -0.05) is 0 Å². The number of amides is 1. The number of carbonyl (C=O) groups excluding carboxylic acids is 1. The number of aryl methyl sites for hydroxylation is 1. The van der Waals surface area contributed by atoms with Crippen LogP contribution in [0.3, 0.4) is 0 Å². The Morgan fingerprint density at radius 2 is 2.17 bits per heavy atom. The van der Waals surface area contributed by atoms with E-state index in [0.717, 1.165) is 27.8 Å². The molecule has 0 bridgehead atoms. The predicted octanol–water partition coefficient (Wildman–Crippen LogP) is 1.91. The summed E-state index contributed by atoms with van der Waals surface area (Å²) in [7, 11) is -0.650. The van der Waals surface area contributed by atoms with Crippen molar-refractivity contribution in [3.8, 4) is 0 Å². The molecular weight excluding hydrogens is 348 g/mol. The summed E-state index contributed by atoms with van der Waals surface area (Å²) in [5.74, 6) is 0.0828. The molecule has 1 atom stereocenters. The normalized spacial score (nSPS) is 16.3. The van der Waals surface area contributed by atoms with Crippen molar-refractivity contribution in [2.75, 3.05) is 14.1 Å². The molecule has 1 fully saturated rings. The highest BCUT2D eigenvalue weighted by Gasteiger charge is 2.35. The zero-order valence-corrected chi connectivity index (χ0v) is 15.4. The highest BCUT2D eigenvalue weighted by atomic mass is 32.2. The second-order valence-electron chi connectivity index (χ2n) is 6.15. The van der Waals surface area contributed by atoms with Crippen LogP contribution in [-0.4, -0.2) is 42.7 Å². The fourth-order valence-electron chi connectivity index (χ4n) is 2.41. The fourth-order valence-corrected chi connectivity index (χ4v) is 4.25. The lowest BCUT2D eigenvalue weighted by molar-refractivity contribution is 0.0927. The van der Waals surface area contributed by atoms with Crippen LogP contribution in [0.4, 0.5) is 0 Å². The summed E-state index contributed by atoms with van der Waals surface area (Å²) in [4.78, 5) is 19.8. The molecule has 0 unspecified atom stereocenters. The summed E-state index contributed by atoms with van der Waals surface area (Å²) >= 11 is 1.54. The van der Waals surface area contributed by atoms with Gasteiger partial charge in [-0.25, -0.2) is 17.7 Å². The van der Waals surface area contributed by atoms with Crippen molar-refractivity contribution >= 4 is 27.3 Å². The third-order valence-electron chi connectivity index (χ3n) is 3.96. The Morgan fingerprint density at radius 3 is 2.71 bits per heavy atom. The predicted molar refractivity (Wildman–Crippen MR) is 91.4 cm³/mol. The van der Waals surface area contributed by atoms with Gasteiger partial charge >= 0.3 is 0 Å². The van der Waals surface area contributed by atoms with E-state index in [0.29, 0.717) is 5.92 Å². The Morgan fingerprint density at radius 1 is 1.46 bits per heavy atom. The quantitative estimate of drug-likeness (QED) is 0.814. The second kappa shape index (κ2) is 6.30. The molecule has 2 N–H and O–H groups in total. The topological polar surface area (TPSA) is 95.2 Å². The van der Waals surface area contributed by atoms with E-state index in [-0.39, 0.29) is 22.5 Å². The van der Waals surface area contributed by atoms with Crippen molar-refractivity contribution in [2.45, 2.75) is 30.7 Å². The first-order chi connectivity index (χ1) is 11.3. The van der Waals surface area contributed by atoms with Crippen LogP contribution in [0.15, 0.2) is 22.5 Å². The Labute approximate surface area is 145 Å². The molecule has 2 aromatic rings. The van der Waals surface area contributed by atoms with Crippen molar-refractivity contribution in [3.63, 3.8) is 0 Å². The Hall–Kier alpha value is -1.71. The zero-order chi connectivity index (χ0) is 17.5. The van der Waals surface area contributed by atoms with E-state index in [1.165, 1.54) is 37.7 Å². The maximum Gasteiger partial charge on any atom is 0.268 e. The molecule has 1 amide bonds. The number of nitrogens with zero attached hydrogens (tertiary/aromatic N) is 2. The van der Waals surface area contributed by atoms with Crippen LogP contribution in [0.1, 0.15) is 40.1 Å². The van der Waals surface area contributed by atoms with Crippen molar-refractivity contribution in [3.05, 3.63) is 34.0 Å². The zero-order valence-electron chi connectivity index (χ0n) is 13.7. The van der Waals surface area contributed by atoms with Gasteiger partial charge in [0.15, 0.2) is 0 Å². The summed E-state index contributed by atoms with van der Waals surface area (Å²) in [5.41, 5.74) is 1.17. The molecule has 0 spiro atoms. The summed E-state index contributed by atoms with van der Waals surface area (Å²) in [5, 5.41) is 5.85. The van der Waals surface area contributed by atoms with E-state index >= 15 is 0 Å². The number of aromatic nitrogens is 2. The highest BCUT2D eigenvalue weighted by Crippen LogP contribution is 2.42. The SMILES string of the molecule is Cc1csc([C@H](NC(=O)c2cc(S(=O)(=O)N(C)C)c[nH]2)C2CC2)n1. The van der Waals surface area contributed by atoms with Crippen molar-refractivity contribution in [1.82, 2.24) is 19.6 Å². The Bertz CT molecular complexity index is 850. The maximum atomic E-state index is 12.5. The second-order valence-corrected chi connectivity index (χ2v) is 9.19. The van der Waals surface area contributed by atoms with Crippen LogP contribution in [0.25, 0.3) is 0 Å². The maximum absolute atomic E-state index is 12.5. The molecule has 7 nitrogen and oxygen atoms in total. The highest BCUT2D eigenvalue weighted by molar-refractivity contribution is 7.89. The van der Waals surface area contributed by atoms with E-state index in [2.05, 4.69) is 15.3 Å². The summed E-state index contributed by atoms with van der Waals surface area (Å²) in [6.07, 6.45) is 3.47. The molecule has 2 heterocycles. The molecule has 2 aromatic heterocycles. The minimum Gasteiger partial charge on any atom is -0.356 e. The third kappa shape index (κ3) is 3.38. The van der Waals surface area contributed by atoms with Crippen molar-refractivity contribution in [1.29, 1.82) is 0 Å². The number of thiazole rings is 1. The number of nitrogens with one attached hydrogen (secondary N) is 2. The summed E-state index contributed by atoms with van der Waals surface area (Å²) in [6, 6.07) is 1.25. The number of rotatable bonds is 6. The van der Waals surface area contributed by atoms with Crippen molar-refractivity contribution < 1.29 is 13.2 Å². The third-order valence-corrected chi connectivity index (χ3v) is 6.80. The molecular formula is C15H20N4O3S2. The molecule has 24 heavy (non-hydrogen) atoms. The lowest BCUT2D eigenvalue weighted by Crippen LogP contribution is -2.30. The Kier molecular flexibility index (Phi) is 4.50. The molecule has 3 rings (SSSR count). The Balaban J connectivity index is 1.78. The minimum absolute atomic E-state index is 0.0747. The fraction of sp³-hybridized carbons (Fsp3) is 0.467.